The van der Waals surface area contributed by atoms with Crippen molar-refractivity contribution >= 4 is 11.6 Å². The van der Waals surface area contributed by atoms with Crippen molar-refractivity contribution in [3.63, 3.8) is 0 Å². The number of ketones is 1. The van der Waals surface area contributed by atoms with Gasteiger partial charge in [0.25, 0.3) is 0 Å². The second-order valence-electron chi connectivity index (χ2n) is 9.67. The third-order valence-corrected chi connectivity index (χ3v) is 7.84. The summed E-state index contributed by atoms with van der Waals surface area (Å²) in [5, 5.41) is 0. The van der Waals surface area contributed by atoms with E-state index in [0.717, 1.165) is 58.4 Å². The molecule has 2 atom stereocenters. The van der Waals surface area contributed by atoms with E-state index in [1.807, 2.05) is 0 Å². The van der Waals surface area contributed by atoms with Crippen molar-refractivity contribution in [3.05, 3.63) is 70.8 Å². The molecule has 32 heavy (non-hydrogen) atoms. The normalized spacial score (nSPS) is 24.9. The molecule has 2 heterocycles. The molecule has 0 amide bonds. The zero-order valence-electron chi connectivity index (χ0n) is 19.5. The van der Waals surface area contributed by atoms with E-state index in [0.29, 0.717) is 17.6 Å². The van der Waals surface area contributed by atoms with Gasteiger partial charge in [-0.3, -0.25) is 9.79 Å². The van der Waals surface area contributed by atoms with Crippen LogP contribution in [0.4, 0.5) is 0 Å². The van der Waals surface area contributed by atoms with Crippen LogP contribution in [0.25, 0.3) is 0 Å². The largest absolute Gasteiger partial charge is 0.354 e. The number of rotatable bonds is 3. The van der Waals surface area contributed by atoms with Gasteiger partial charge in [0.15, 0.2) is 0 Å². The van der Waals surface area contributed by atoms with E-state index in [1.54, 1.807) is 0 Å². The van der Waals surface area contributed by atoms with E-state index in [1.165, 1.54) is 28.1 Å². The molecule has 0 aromatic heterocycles. The van der Waals surface area contributed by atoms with Gasteiger partial charge < -0.3 is 9.80 Å². The minimum absolute atomic E-state index is 0.145. The van der Waals surface area contributed by atoms with Crippen LogP contribution in [0.1, 0.15) is 79.7 Å². The average Bonchev–Trinajstić information content (AvgIpc) is 2.85. The molecule has 2 aromatic carbocycles. The fourth-order valence-corrected chi connectivity index (χ4v) is 5.71. The number of Topliss-reactive ketones (excluding diaryl/α,β-unsaturated/α-hetero) is 1. The number of hydrogen-bond donors (Lipinski definition) is 0. The Morgan fingerprint density at radius 2 is 1.56 bits per heavy atom. The van der Waals surface area contributed by atoms with Crippen molar-refractivity contribution in [1.82, 2.24) is 9.80 Å². The highest BCUT2D eigenvalue weighted by atomic mass is 16.1. The van der Waals surface area contributed by atoms with Crippen molar-refractivity contribution in [1.29, 1.82) is 0 Å². The van der Waals surface area contributed by atoms with Crippen LogP contribution >= 0.6 is 0 Å². The van der Waals surface area contributed by atoms with Gasteiger partial charge in [0.05, 0.1) is 6.04 Å². The summed E-state index contributed by atoms with van der Waals surface area (Å²) in [5.41, 5.74) is 5.40. The second-order valence-corrected chi connectivity index (χ2v) is 9.67. The number of carbonyl (C=O) groups excluding carboxylic acids is 1. The number of piperazine rings is 1. The van der Waals surface area contributed by atoms with Crippen LogP contribution in [0.15, 0.2) is 53.5 Å². The average molecular weight is 430 g/mol. The Bertz CT molecular complexity index is 978. The minimum Gasteiger partial charge on any atom is -0.354 e. The van der Waals surface area contributed by atoms with E-state index in [9.17, 15) is 4.79 Å². The first-order valence-electron chi connectivity index (χ1n) is 12.4. The lowest BCUT2D eigenvalue weighted by atomic mass is 9.81. The summed E-state index contributed by atoms with van der Waals surface area (Å²) in [6.07, 6.45) is 3.47. The molecular formula is C28H35N3O. The summed E-state index contributed by atoms with van der Waals surface area (Å²) in [6, 6.07) is 18.2. The zero-order valence-corrected chi connectivity index (χ0v) is 19.5. The number of nitrogens with zero attached hydrogens (tertiary/aromatic N) is 3. The topological polar surface area (TPSA) is 35.9 Å². The maximum Gasteiger partial charge on any atom is 0.132 e. The van der Waals surface area contributed by atoms with Gasteiger partial charge in [-0.05, 0) is 42.0 Å². The molecule has 2 aliphatic heterocycles. The van der Waals surface area contributed by atoms with Gasteiger partial charge in [-0.25, -0.2) is 0 Å². The summed E-state index contributed by atoms with van der Waals surface area (Å²) in [4.78, 5) is 22.0. The molecule has 0 N–H and O–H groups in total. The van der Waals surface area contributed by atoms with E-state index >= 15 is 0 Å². The smallest absolute Gasteiger partial charge is 0.132 e. The maximum absolute atomic E-state index is 11.6. The third-order valence-electron chi connectivity index (χ3n) is 7.84. The lowest BCUT2D eigenvalue weighted by Gasteiger charge is -2.39. The fourth-order valence-electron chi connectivity index (χ4n) is 5.71. The quantitative estimate of drug-likeness (QED) is 0.676. The molecule has 168 valence electrons. The number of amidine groups is 1. The van der Waals surface area contributed by atoms with Crippen LogP contribution in [0, 0.1) is 0 Å². The van der Waals surface area contributed by atoms with Crippen LogP contribution in [-0.4, -0.2) is 54.1 Å². The molecule has 1 saturated heterocycles. The van der Waals surface area contributed by atoms with E-state index in [-0.39, 0.29) is 6.04 Å². The molecule has 0 bridgehead atoms. The highest BCUT2D eigenvalue weighted by Crippen LogP contribution is 2.41. The van der Waals surface area contributed by atoms with E-state index < -0.39 is 0 Å². The van der Waals surface area contributed by atoms with E-state index in [2.05, 4.69) is 72.2 Å². The minimum atomic E-state index is 0.145. The molecule has 2 fully saturated rings. The first kappa shape index (κ1) is 21.4. The van der Waals surface area contributed by atoms with Crippen molar-refractivity contribution in [3.8, 4) is 0 Å². The number of carbonyl (C=O) groups is 1. The third kappa shape index (κ3) is 4.13. The Morgan fingerprint density at radius 1 is 0.906 bits per heavy atom. The Labute approximate surface area is 192 Å². The predicted molar refractivity (Wildman–Crippen MR) is 130 cm³/mol. The summed E-state index contributed by atoms with van der Waals surface area (Å²) in [6.45, 7) is 9.99. The van der Waals surface area contributed by atoms with Gasteiger partial charge >= 0.3 is 0 Å². The molecule has 1 saturated carbocycles. The van der Waals surface area contributed by atoms with Gasteiger partial charge in [0.1, 0.15) is 11.6 Å². The van der Waals surface area contributed by atoms with Gasteiger partial charge in [-0.15, -0.1) is 0 Å². The molecule has 5 rings (SSSR count). The monoisotopic (exact) mass is 429 g/mol. The number of fused-ring (bicyclic) bond motifs is 1. The Hall–Kier alpha value is -2.46. The van der Waals surface area contributed by atoms with Crippen LogP contribution in [0.3, 0.4) is 0 Å². The van der Waals surface area contributed by atoms with Crippen molar-refractivity contribution < 1.29 is 4.79 Å². The first-order chi connectivity index (χ1) is 15.6. The number of likely N-dealkylation sites (N-methyl/N-ethyl adjacent to an activating group) is 1. The summed E-state index contributed by atoms with van der Waals surface area (Å²) in [7, 11) is 0. The SMILES string of the molecule is CCN1CCN(C2=NC(c3ccc(C4CCC(=O)CC4)cc3)C(C)c3ccccc32)CC1. The molecule has 1 aliphatic carbocycles. The summed E-state index contributed by atoms with van der Waals surface area (Å²) in [5.74, 6) is 2.48. The van der Waals surface area contributed by atoms with Crippen molar-refractivity contribution in [2.24, 2.45) is 4.99 Å². The van der Waals surface area contributed by atoms with Gasteiger partial charge in [-0.2, -0.15) is 0 Å². The summed E-state index contributed by atoms with van der Waals surface area (Å²) >= 11 is 0. The lowest BCUT2D eigenvalue weighted by Crippen LogP contribution is -2.49. The van der Waals surface area contributed by atoms with Crippen LogP contribution in [0.2, 0.25) is 0 Å². The molecule has 2 aromatic rings. The van der Waals surface area contributed by atoms with Crippen molar-refractivity contribution in [2.45, 2.75) is 57.4 Å². The standard InChI is InChI=1S/C28H35N3O/c1-3-30-16-18-31(19-17-30)28-26-7-5-4-6-25(26)20(2)27(29-28)23-10-8-21(9-11-23)22-12-14-24(32)15-13-22/h4-11,20,22,27H,3,12-19H2,1-2H3. The second kappa shape index (κ2) is 9.19. The molecule has 3 aliphatic rings. The molecule has 4 nitrogen and oxygen atoms in total. The lowest BCUT2D eigenvalue weighted by molar-refractivity contribution is -0.120. The summed E-state index contributed by atoms with van der Waals surface area (Å²) < 4.78 is 0. The number of hydrogen-bond acceptors (Lipinski definition) is 4. The van der Waals surface area contributed by atoms with Crippen LogP contribution in [0.5, 0.6) is 0 Å². The first-order valence-corrected chi connectivity index (χ1v) is 12.4. The van der Waals surface area contributed by atoms with Crippen molar-refractivity contribution in [2.75, 3.05) is 32.7 Å². The highest BCUT2D eigenvalue weighted by molar-refractivity contribution is 6.01. The number of benzene rings is 2. The Balaban J connectivity index is 1.42. The predicted octanol–water partition coefficient (Wildman–Crippen LogP) is 5.16. The molecule has 0 radical (unpaired) electrons. The number of aliphatic imine (C=N–C) groups is 1. The fraction of sp³-hybridized carbons (Fsp3) is 0.500. The van der Waals surface area contributed by atoms with Gasteiger partial charge in [0, 0.05) is 50.5 Å². The van der Waals surface area contributed by atoms with Gasteiger partial charge in [0.2, 0.25) is 0 Å². The Kier molecular flexibility index (Phi) is 6.14. The highest BCUT2D eigenvalue weighted by Gasteiger charge is 2.32. The molecule has 4 heteroatoms. The van der Waals surface area contributed by atoms with Crippen LogP contribution in [-0.2, 0) is 4.79 Å². The van der Waals surface area contributed by atoms with Gasteiger partial charge in [-0.1, -0.05) is 62.4 Å². The maximum atomic E-state index is 11.6. The molecular weight excluding hydrogens is 394 g/mol. The zero-order chi connectivity index (χ0) is 22.1. The Morgan fingerprint density at radius 3 is 2.25 bits per heavy atom. The molecule has 0 spiro atoms. The molecule has 2 unspecified atom stereocenters. The van der Waals surface area contributed by atoms with Crippen LogP contribution < -0.4 is 0 Å². The van der Waals surface area contributed by atoms with E-state index in [4.69, 9.17) is 4.99 Å².